The van der Waals surface area contributed by atoms with Crippen LogP contribution in [0.5, 0.6) is 0 Å². The smallest absolute Gasteiger partial charge is 0.0828 e. The first kappa shape index (κ1) is 9.56. The second-order valence-corrected chi connectivity index (χ2v) is 4.06. The molecular formula is C8H12BrClO. The van der Waals surface area contributed by atoms with Crippen LogP contribution in [0.15, 0.2) is 11.6 Å². The van der Waals surface area contributed by atoms with Crippen LogP contribution in [0.1, 0.15) is 19.3 Å². The van der Waals surface area contributed by atoms with Gasteiger partial charge in [-0.15, -0.1) is 0 Å². The highest BCUT2D eigenvalue weighted by molar-refractivity contribution is 9.09. The van der Waals surface area contributed by atoms with Crippen molar-refractivity contribution in [2.75, 3.05) is 11.9 Å². The third-order valence-electron chi connectivity index (χ3n) is 1.94. The zero-order chi connectivity index (χ0) is 8.32. The number of hydrogen-bond donors (Lipinski definition) is 0. The Balaban J connectivity index is 2.52. The summed E-state index contributed by atoms with van der Waals surface area (Å²) in [4.78, 5) is 0. The molecule has 0 radical (unpaired) electrons. The Morgan fingerprint density at radius 2 is 2.45 bits per heavy atom. The molecule has 1 saturated heterocycles. The Morgan fingerprint density at radius 3 is 2.82 bits per heavy atom. The van der Waals surface area contributed by atoms with Gasteiger partial charge in [0.15, 0.2) is 0 Å². The van der Waals surface area contributed by atoms with Gasteiger partial charge in [0.2, 0.25) is 0 Å². The molecule has 0 N–H and O–H groups in total. The predicted octanol–water partition coefficient (Wildman–Crippen LogP) is 3.07. The van der Waals surface area contributed by atoms with Gasteiger partial charge in [0.25, 0.3) is 0 Å². The maximum absolute atomic E-state index is 5.73. The van der Waals surface area contributed by atoms with Crippen molar-refractivity contribution in [1.82, 2.24) is 0 Å². The van der Waals surface area contributed by atoms with Crippen molar-refractivity contribution in [1.29, 1.82) is 0 Å². The summed E-state index contributed by atoms with van der Waals surface area (Å²) in [5.41, 5.74) is -0.0567. The predicted molar refractivity (Wildman–Crippen MR) is 51.3 cm³/mol. The first-order chi connectivity index (χ1) is 5.18. The lowest BCUT2D eigenvalue weighted by molar-refractivity contribution is 0.0274. The van der Waals surface area contributed by atoms with Crippen molar-refractivity contribution in [2.45, 2.75) is 24.9 Å². The van der Waals surface area contributed by atoms with E-state index < -0.39 is 0 Å². The monoisotopic (exact) mass is 238 g/mol. The lowest BCUT2D eigenvalue weighted by atomic mass is 9.99. The normalized spacial score (nSPS) is 30.7. The Bertz CT molecular complexity index is 152. The van der Waals surface area contributed by atoms with Crippen LogP contribution >= 0.6 is 27.5 Å². The lowest BCUT2D eigenvalue weighted by Crippen LogP contribution is -2.29. The molecule has 1 rings (SSSR count). The number of halogens is 2. The van der Waals surface area contributed by atoms with E-state index in [2.05, 4.69) is 22.5 Å². The average molecular weight is 240 g/mol. The molecule has 1 unspecified atom stereocenters. The van der Waals surface area contributed by atoms with Crippen LogP contribution in [0.25, 0.3) is 0 Å². The van der Waals surface area contributed by atoms with Gasteiger partial charge in [0.05, 0.1) is 5.60 Å². The Labute approximate surface area is 80.9 Å². The molecule has 0 aromatic rings. The number of ether oxygens (including phenoxy) is 1. The van der Waals surface area contributed by atoms with E-state index in [1.807, 2.05) is 0 Å². The molecule has 0 aliphatic carbocycles. The van der Waals surface area contributed by atoms with Crippen molar-refractivity contribution in [3.63, 3.8) is 0 Å². The van der Waals surface area contributed by atoms with Crippen LogP contribution in [0.3, 0.4) is 0 Å². The summed E-state index contributed by atoms with van der Waals surface area (Å²) in [6, 6.07) is 0. The molecule has 1 nitrogen and oxygen atoms in total. The molecule has 1 heterocycles. The van der Waals surface area contributed by atoms with Gasteiger partial charge in [0.1, 0.15) is 0 Å². The fourth-order valence-corrected chi connectivity index (χ4v) is 2.28. The largest absolute Gasteiger partial charge is 0.374 e. The molecule has 1 atom stereocenters. The van der Waals surface area contributed by atoms with Crippen LogP contribution in [0.4, 0.5) is 0 Å². The molecule has 0 aromatic carbocycles. The Morgan fingerprint density at radius 1 is 1.73 bits per heavy atom. The topological polar surface area (TPSA) is 9.23 Å². The second kappa shape index (κ2) is 3.92. The van der Waals surface area contributed by atoms with Gasteiger partial charge >= 0.3 is 0 Å². The van der Waals surface area contributed by atoms with E-state index in [4.69, 9.17) is 16.3 Å². The van der Waals surface area contributed by atoms with E-state index in [0.29, 0.717) is 5.03 Å². The number of alkyl halides is 1. The van der Waals surface area contributed by atoms with Crippen LogP contribution in [0, 0.1) is 0 Å². The third-order valence-corrected chi connectivity index (χ3v) is 3.10. The van der Waals surface area contributed by atoms with Crippen molar-refractivity contribution in [3.8, 4) is 0 Å². The first-order valence-electron chi connectivity index (χ1n) is 3.72. The SMILES string of the molecule is C=C(Cl)CC1(CBr)CCCO1. The summed E-state index contributed by atoms with van der Waals surface area (Å²) >= 11 is 9.17. The van der Waals surface area contributed by atoms with Gasteiger partial charge in [-0.05, 0) is 12.8 Å². The summed E-state index contributed by atoms with van der Waals surface area (Å²) in [5.74, 6) is 0. The van der Waals surface area contributed by atoms with E-state index in [1.54, 1.807) is 0 Å². The van der Waals surface area contributed by atoms with E-state index in [0.717, 1.165) is 31.2 Å². The van der Waals surface area contributed by atoms with Crippen LogP contribution in [-0.2, 0) is 4.74 Å². The van der Waals surface area contributed by atoms with E-state index in [9.17, 15) is 0 Å². The molecule has 11 heavy (non-hydrogen) atoms. The maximum Gasteiger partial charge on any atom is 0.0828 e. The Kier molecular flexibility index (Phi) is 3.41. The van der Waals surface area contributed by atoms with E-state index in [-0.39, 0.29) is 5.60 Å². The summed E-state index contributed by atoms with van der Waals surface area (Å²) in [7, 11) is 0. The fourth-order valence-electron chi connectivity index (χ4n) is 1.40. The molecule has 0 amide bonds. The minimum Gasteiger partial charge on any atom is -0.374 e. The van der Waals surface area contributed by atoms with Crippen LogP contribution in [-0.4, -0.2) is 17.5 Å². The minimum atomic E-state index is -0.0567. The Hall–Kier alpha value is 0.470. The highest BCUT2D eigenvalue weighted by atomic mass is 79.9. The van der Waals surface area contributed by atoms with Gasteiger partial charge in [0, 0.05) is 23.4 Å². The van der Waals surface area contributed by atoms with Crippen molar-refractivity contribution < 1.29 is 4.74 Å². The quantitative estimate of drug-likeness (QED) is 0.688. The third kappa shape index (κ3) is 2.46. The molecule has 0 bridgehead atoms. The molecular weight excluding hydrogens is 227 g/mol. The molecule has 64 valence electrons. The van der Waals surface area contributed by atoms with Crippen molar-refractivity contribution >= 4 is 27.5 Å². The maximum atomic E-state index is 5.73. The minimum absolute atomic E-state index is 0.0567. The van der Waals surface area contributed by atoms with E-state index in [1.165, 1.54) is 0 Å². The van der Waals surface area contributed by atoms with Gasteiger partial charge in [-0.25, -0.2) is 0 Å². The molecule has 1 fully saturated rings. The highest BCUT2D eigenvalue weighted by Crippen LogP contribution is 2.34. The van der Waals surface area contributed by atoms with Crippen LogP contribution in [0.2, 0.25) is 0 Å². The lowest BCUT2D eigenvalue weighted by Gasteiger charge is -2.25. The average Bonchev–Trinajstić information content (AvgIpc) is 2.36. The fraction of sp³-hybridized carbons (Fsp3) is 0.750. The number of hydrogen-bond acceptors (Lipinski definition) is 1. The highest BCUT2D eigenvalue weighted by Gasteiger charge is 2.34. The molecule has 3 heteroatoms. The molecule has 0 saturated carbocycles. The van der Waals surface area contributed by atoms with Gasteiger partial charge < -0.3 is 4.74 Å². The molecule has 0 spiro atoms. The summed E-state index contributed by atoms with van der Waals surface area (Å²) < 4.78 is 5.61. The summed E-state index contributed by atoms with van der Waals surface area (Å²) in [5, 5.41) is 1.54. The standard InChI is InChI=1S/C8H12BrClO/c1-7(10)5-8(6-9)3-2-4-11-8/h1-6H2. The molecule has 0 aromatic heterocycles. The first-order valence-corrected chi connectivity index (χ1v) is 5.22. The van der Waals surface area contributed by atoms with E-state index >= 15 is 0 Å². The van der Waals surface area contributed by atoms with Gasteiger partial charge in [-0.1, -0.05) is 34.1 Å². The van der Waals surface area contributed by atoms with Gasteiger partial charge in [-0.3, -0.25) is 0 Å². The molecule has 1 aliphatic heterocycles. The number of rotatable bonds is 3. The van der Waals surface area contributed by atoms with Crippen LogP contribution < -0.4 is 0 Å². The molecule has 1 aliphatic rings. The zero-order valence-electron chi connectivity index (χ0n) is 6.41. The van der Waals surface area contributed by atoms with Crippen molar-refractivity contribution in [3.05, 3.63) is 11.6 Å². The zero-order valence-corrected chi connectivity index (χ0v) is 8.75. The summed E-state index contributed by atoms with van der Waals surface area (Å²) in [6.07, 6.45) is 2.99. The summed E-state index contributed by atoms with van der Waals surface area (Å²) in [6.45, 7) is 4.53. The second-order valence-electron chi connectivity index (χ2n) is 2.96. The van der Waals surface area contributed by atoms with Gasteiger partial charge in [-0.2, -0.15) is 0 Å². The van der Waals surface area contributed by atoms with Crippen molar-refractivity contribution in [2.24, 2.45) is 0 Å².